The molecule has 26 heteroatoms. The van der Waals surface area contributed by atoms with Crippen LogP contribution in [0, 0.1) is 5.92 Å². The highest BCUT2D eigenvalue weighted by Gasteiger charge is 2.60. The van der Waals surface area contributed by atoms with Gasteiger partial charge >= 0.3 is 31.7 Å². The van der Waals surface area contributed by atoms with Crippen LogP contribution < -0.4 is 0 Å². The fourth-order valence-corrected chi connectivity index (χ4v) is 16.8. The first-order valence-corrected chi connectivity index (χ1v) is 49.5. The average Bonchev–Trinajstić information content (AvgIpc) is 0.754. The van der Waals surface area contributed by atoms with Crippen molar-refractivity contribution >= 4 is 31.7 Å². The SMILES string of the molecule is CCCCCC/C=C\CCCCCCCCCC(=O)OC1C(O)C(O)C(OC2OC(CO)C(O)C(O)C2O)C(OP(=O)(O)OCC(COC(=O)CCCCC/C=C\CCCCCCCC)OC(=O)CCCCCCCCCCCCCCCCCC)C1OC1OC(COC(=O)CCCCCCCCC(C)CCCCCCCC)C(O)C(O)C1O. The average molecular weight is 1720 g/mol. The molecule has 2 heterocycles. The first kappa shape index (κ1) is 110. The van der Waals surface area contributed by atoms with Crippen molar-refractivity contribution in [3.8, 4) is 0 Å². The molecule has 0 bridgehead atoms. The third-order valence-electron chi connectivity index (χ3n) is 23.6. The lowest BCUT2D eigenvalue weighted by Crippen LogP contribution is -2.70. The van der Waals surface area contributed by atoms with Crippen LogP contribution in [0.1, 0.15) is 407 Å². The van der Waals surface area contributed by atoms with Gasteiger partial charge in [-0.05, 0) is 83.0 Å². The van der Waals surface area contributed by atoms with Gasteiger partial charge in [-0.15, -0.1) is 0 Å². The molecule has 3 rings (SSSR count). The summed E-state index contributed by atoms with van der Waals surface area (Å²) in [5, 5.41) is 102. The number of rotatable bonds is 77. The molecule has 19 unspecified atom stereocenters. The van der Waals surface area contributed by atoms with Crippen molar-refractivity contribution < 1.29 is 122 Å². The van der Waals surface area contributed by atoms with Gasteiger partial charge in [-0.2, -0.15) is 0 Å². The molecule has 3 fully saturated rings. The molecule has 0 aromatic heterocycles. The molecule has 10 N–H and O–H groups in total. The zero-order chi connectivity index (χ0) is 86.9. The van der Waals surface area contributed by atoms with Crippen LogP contribution in [0.15, 0.2) is 24.3 Å². The Labute approximate surface area is 717 Å². The number of unbranched alkanes of at least 4 members (excludes halogenated alkanes) is 45. The number of ether oxygens (including phenoxy) is 8. The van der Waals surface area contributed by atoms with Gasteiger partial charge in [-0.1, -0.05) is 329 Å². The summed E-state index contributed by atoms with van der Waals surface area (Å²) >= 11 is 0. The number of aliphatic hydroxyl groups excluding tert-OH is 9. The van der Waals surface area contributed by atoms with Gasteiger partial charge in [-0.25, -0.2) is 4.57 Å². The molecular formula is C93H171O25P. The van der Waals surface area contributed by atoms with Crippen molar-refractivity contribution in [1.82, 2.24) is 0 Å². The molecule has 3 aliphatic rings. The molecular weight excluding hydrogens is 1550 g/mol. The first-order chi connectivity index (χ1) is 57.6. The zero-order valence-electron chi connectivity index (χ0n) is 74.6. The van der Waals surface area contributed by atoms with Gasteiger partial charge in [0.1, 0.15) is 92.6 Å². The minimum Gasteiger partial charge on any atom is -0.463 e. The maximum absolute atomic E-state index is 14.9. The topological polar surface area (TPSA) is 380 Å². The van der Waals surface area contributed by atoms with Gasteiger partial charge < -0.3 is 88.7 Å². The van der Waals surface area contributed by atoms with Crippen LogP contribution >= 0.6 is 7.82 Å². The third-order valence-corrected chi connectivity index (χ3v) is 24.6. The van der Waals surface area contributed by atoms with Crippen molar-refractivity contribution in [3.05, 3.63) is 24.3 Å². The molecule has 19 atom stereocenters. The molecule has 698 valence electrons. The van der Waals surface area contributed by atoms with Gasteiger partial charge in [0.15, 0.2) is 24.8 Å². The van der Waals surface area contributed by atoms with Crippen LogP contribution in [0.4, 0.5) is 0 Å². The Hall–Kier alpha value is -3.05. The minimum atomic E-state index is -5.81. The predicted molar refractivity (Wildman–Crippen MR) is 462 cm³/mol. The van der Waals surface area contributed by atoms with Gasteiger partial charge in [0, 0.05) is 25.7 Å². The van der Waals surface area contributed by atoms with Crippen molar-refractivity contribution in [2.45, 2.75) is 511 Å². The van der Waals surface area contributed by atoms with E-state index in [4.69, 9.17) is 46.9 Å². The Balaban J connectivity index is 1.92. The quantitative estimate of drug-likeness (QED) is 0.00889. The number of allylic oxidation sites excluding steroid dienone is 4. The van der Waals surface area contributed by atoms with Crippen LogP contribution in [0.5, 0.6) is 0 Å². The Morgan fingerprint density at radius 3 is 1.10 bits per heavy atom. The minimum absolute atomic E-state index is 0.0138. The van der Waals surface area contributed by atoms with Crippen molar-refractivity contribution in [2.75, 3.05) is 26.4 Å². The summed E-state index contributed by atoms with van der Waals surface area (Å²) < 4.78 is 73.5. The summed E-state index contributed by atoms with van der Waals surface area (Å²) in [5.74, 6) is -2.30. The lowest BCUT2D eigenvalue weighted by atomic mass is 9.84. The number of aliphatic hydroxyl groups is 9. The standard InChI is InChI=1S/C93H171O25P/c1-6-10-14-18-22-25-28-31-33-35-38-40-43-46-54-60-66-78(97)112-73(69-109-76(95)64-58-52-45-42-39-36-30-27-24-20-16-12-8-3)70-111-119(107,108)118-91-89(116-92-86(105)82(101)80(99)74(68-94)113-92)85(104)84(103)88(115-79(98)67-61-55-47-44-41-37-34-32-29-26-23-19-15-11-7-2)90(91)117-93-87(106)83(102)81(100)75(114-93)71-110-77(96)65-59-53-49-48-51-57-63-72(5)62-56-50-21-17-13-9-4/h26,29,36,39,72-75,80-94,99-106H,6-25,27-28,30-35,37-38,40-71H2,1-5H3,(H,107,108)/b29-26-,39-36-. The van der Waals surface area contributed by atoms with E-state index in [0.717, 1.165) is 141 Å². The van der Waals surface area contributed by atoms with Crippen molar-refractivity contribution in [2.24, 2.45) is 5.92 Å². The Bertz CT molecular complexity index is 2580. The van der Waals surface area contributed by atoms with Gasteiger partial charge in [0.05, 0.1) is 13.2 Å². The molecule has 1 aliphatic carbocycles. The number of hydrogen-bond acceptors (Lipinski definition) is 24. The molecule has 0 amide bonds. The maximum atomic E-state index is 14.9. The highest BCUT2D eigenvalue weighted by atomic mass is 31.2. The molecule has 2 saturated heterocycles. The summed E-state index contributed by atoms with van der Waals surface area (Å²) in [6, 6.07) is 0. The number of carbonyl (C=O) groups excluding carboxylic acids is 4. The number of esters is 4. The smallest absolute Gasteiger partial charge is 0.463 e. The van der Waals surface area contributed by atoms with E-state index in [-0.39, 0.29) is 25.7 Å². The Morgan fingerprint density at radius 1 is 0.353 bits per heavy atom. The summed E-state index contributed by atoms with van der Waals surface area (Å²) in [7, 11) is -5.81. The lowest BCUT2D eigenvalue weighted by Gasteiger charge is -2.50. The third kappa shape index (κ3) is 51.4. The van der Waals surface area contributed by atoms with Crippen LogP contribution in [0.2, 0.25) is 0 Å². The van der Waals surface area contributed by atoms with E-state index in [1.807, 2.05) is 0 Å². The second-order valence-corrected chi connectivity index (χ2v) is 35.9. The Kier molecular flexibility index (Phi) is 65.7. The summed E-state index contributed by atoms with van der Waals surface area (Å²) in [6.07, 6.45) is 30.2. The molecule has 0 aromatic rings. The van der Waals surface area contributed by atoms with Gasteiger partial charge in [-0.3, -0.25) is 28.2 Å². The molecule has 1 saturated carbocycles. The lowest BCUT2D eigenvalue weighted by molar-refractivity contribution is -0.360. The highest BCUT2D eigenvalue weighted by Crippen LogP contribution is 2.49. The molecule has 0 spiro atoms. The van der Waals surface area contributed by atoms with E-state index in [1.165, 1.54) is 173 Å². The van der Waals surface area contributed by atoms with E-state index in [0.29, 0.717) is 38.0 Å². The molecule has 0 aromatic carbocycles. The number of hydrogen-bond donors (Lipinski definition) is 10. The molecule has 0 radical (unpaired) electrons. The largest absolute Gasteiger partial charge is 0.472 e. The molecule has 119 heavy (non-hydrogen) atoms. The number of carbonyl (C=O) groups is 4. The molecule has 2 aliphatic heterocycles. The monoisotopic (exact) mass is 1720 g/mol. The summed E-state index contributed by atoms with van der Waals surface area (Å²) in [4.78, 5) is 66.5. The summed E-state index contributed by atoms with van der Waals surface area (Å²) in [5.41, 5.74) is 0. The van der Waals surface area contributed by atoms with Crippen LogP contribution in [-0.4, -0.2) is 205 Å². The second-order valence-electron chi connectivity index (χ2n) is 34.5. The fraction of sp³-hybridized carbons (Fsp3) is 0.914. The van der Waals surface area contributed by atoms with E-state index in [9.17, 15) is 74.6 Å². The maximum Gasteiger partial charge on any atom is 0.472 e. The zero-order valence-corrected chi connectivity index (χ0v) is 75.5. The normalized spacial score (nSPS) is 25.2. The Morgan fingerprint density at radius 2 is 0.681 bits per heavy atom. The number of phosphoric ester groups is 1. The summed E-state index contributed by atoms with van der Waals surface area (Å²) in [6.45, 7) is 7.90. The van der Waals surface area contributed by atoms with Crippen LogP contribution in [-0.2, 0) is 70.7 Å². The van der Waals surface area contributed by atoms with Crippen molar-refractivity contribution in [3.63, 3.8) is 0 Å². The van der Waals surface area contributed by atoms with E-state index in [1.54, 1.807) is 0 Å². The van der Waals surface area contributed by atoms with Gasteiger partial charge in [0.2, 0.25) is 0 Å². The van der Waals surface area contributed by atoms with E-state index < -0.39 is 162 Å². The molecule has 25 nitrogen and oxygen atoms in total. The van der Waals surface area contributed by atoms with Crippen LogP contribution in [0.3, 0.4) is 0 Å². The first-order valence-electron chi connectivity index (χ1n) is 48.0. The van der Waals surface area contributed by atoms with E-state index >= 15 is 0 Å². The predicted octanol–water partition coefficient (Wildman–Crippen LogP) is 18.0. The van der Waals surface area contributed by atoms with Gasteiger partial charge in [0.25, 0.3) is 0 Å². The number of phosphoric acid groups is 1. The second kappa shape index (κ2) is 71.0. The van der Waals surface area contributed by atoms with Crippen LogP contribution in [0.25, 0.3) is 0 Å². The van der Waals surface area contributed by atoms with E-state index in [2.05, 4.69) is 58.9 Å². The van der Waals surface area contributed by atoms with Crippen molar-refractivity contribution in [1.29, 1.82) is 0 Å². The fourth-order valence-electron chi connectivity index (χ4n) is 15.8. The highest BCUT2D eigenvalue weighted by molar-refractivity contribution is 7.47.